The lowest BCUT2D eigenvalue weighted by molar-refractivity contribution is -0.136. The first kappa shape index (κ1) is 20.3. The minimum Gasteiger partial charge on any atom is -0.493 e. The fourth-order valence-corrected chi connectivity index (χ4v) is 3.84. The average molecular weight is 390 g/mol. The molecule has 2 amide bonds. The summed E-state index contributed by atoms with van der Waals surface area (Å²) in [6, 6.07) is 3.48. The van der Waals surface area contributed by atoms with Crippen LogP contribution < -0.4 is 9.47 Å². The number of amides is 2. The normalized spacial score (nSPS) is 19.2. The van der Waals surface area contributed by atoms with Gasteiger partial charge in [0.25, 0.3) is 0 Å². The van der Waals surface area contributed by atoms with Gasteiger partial charge >= 0.3 is 6.09 Å². The van der Waals surface area contributed by atoms with Gasteiger partial charge in [-0.1, -0.05) is 0 Å². The highest BCUT2D eigenvalue weighted by Gasteiger charge is 2.39. The van der Waals surface area contributed by atoms with Crippen molar-refractivity contribution in [3.8, 4) is 11.5 Å². The summed E-state index contributed by atoms with van der Waals surface area (Å²) in [4.78, 5) is 29.1. The van der Waals surface area contributed by atoms with Crippen molar-refractivity contribution in [3.63, 3.8) is 0 Å². The van der Waals surface area contributed by atoms with Crippen molar-refractivity contribution in [2.75, 3.05) is 27.3 Å². The van der Waals surface area contributed by atoms with Gasteiger partial charge in [0.2, 0.25) is 5.91 Å². The van der Waals surface area contributed by atoms with Crippen molar-refractivity contribution >= 4 is 12.0 Å². The minimum absolute atomic E-state index is 0.0104. The fraction of sp³-hybridized carbons (Fsp3) is 0.619. The third kappa shape index (κ3) is 4.18. The maximum absolute atomic E-state index is 13.2. The molecule has 0 spiro atoms. The van der Waals surface area contributed by atoms with Crippen LogP contribution in [0.3, 0.4) is 0 Å². The van der Waals surface area contributed by atoms with Crippen LogP contribution in [0.25, 0.3) is 0 Å². The van der Waals surface area contributed by atoms with E-state index in [-0.39, 0.29) is 5.91 Å². The third-order valence-corrected chi connectivity index (χ3v) is 5.20. The molecule has 0 aliphatic carbocycles. The van der Waals surface area contributed by atoms with Crippen molar-refractivity contribution in [3.05, 3.63) is 23.3 Å². The van der Waals surface area contributed by atoms with Crippen LogP contribution in [0, 0.1) is 0 Å². The molecule has 1 saturated heterocycles. The summed E-state index contributed by atoms with van der Waals surface area (Å²) in [5, 5.41) is 0. The zero-order valence-electron chi connectivity index (χ0n) is 17.4. The van der Waals surface area contributed by atoms with E-state index in [2.05, 4.69) is 0 Å². The predicted octanol–water partition coefficient (Wildman–Crippen LogP) is 2.99. The quantitative estimate of drug-likeness (QED) is 0.794. The molecule has 3 rings (SSSR count). The number of ether oxygens (including phenoxy) is 3. The molecule has 154 valence electrons. The number of likely N-dealkylation sites (tertiary alicyclic amines) is 1. The Labute approximate surface area is 166 Å². The molecule has 0 N–H and O–H groups in total. The summed E-state index contributed by atoms with van der Waals surface area (Å²) >= 11 is 0. The van der Waals surface area contributed by atoms with Gasteiger partial charge in [-0.2, -0.15) is 0 Å². The molecule has 1 aromatic rings. The number of rotatable bonds is 3. The Morgan fingerprint density at radius 1 is 1.04 bits per heavy atom. The van der Waals surface area contributed by atoms with Gasteiger partial charge in [0.05, 0.1) is 14.2 Å². The van der Waals surface area contributed by atoms with Gasteiger partial charge in [-0.3, -0.25) is 9.69 Å². The average Bonchev–Trinajstić information content (AvgIpc) is 3.14. The van der Waals surface area contributed by atoms with Crippen LogP contribution in [0.1, 0.15) is 44.7 Å². The van der Waals surface area contributed by atoms with Gasteiger partial charge in [-0.15, -0.1) is 0 Å². The first-order valence-electron chi connectivity index (χ1n) is 9.75. The van der Waals surface area contributed by atoms with E-state index < -0.39 is 17.7 Å². The van der Waals surface area contributed by atoms with Gasteiger partial charge in [-0.25, -0.2) is 4.79 Å². The third-order valence-electron chi connectivity index (χ3n) is 5.20. The molecule has 7 nitrogen and oxygen atoms in total. The maximum Gasteiger partial charge on any atom is 0.410 e. The van der Waals surface area contributed by atoms with Crippen molar-refractivity contribution in [2.24, 2.45) is 0 Å². The fourth-order valence-electron chi connectivity index (χ4n) is 3.84. The van der Waals surface area contributed by atoms with E-state index in [1.165, 1.54) is 0 Å². The topological polar surface area (TPSA) is 68.3 Å². The zero-order valence-corrected chi connectivity index (χ0v) is 17.4. The number of benzene rings is 1. The van der Waals surface area contributed by atoms with Crippen LogP contribution in [0.5, 0.6) is 11.5 Å². The molecule has 7 heteroatoms. The molecule has 1 aromatic carbocycles. The highest BCUT2D eigenvalue weighted by atomic mass is 16.6. The Kier molecular flexibility index (Phi) is 5.72. The van der Waals surface area contributed by atoms with E-state index in [1.807, 2.05) is 37.8 Å². The molecule has 2 aliphatic rings. The molecule has 0 radical (unpaired) electrons. The van der Waals surface area contributed by atoms with Gasteiger partial charge < -0.3 is 19.1 Å². The van der Waals surface area contributed by atoms with Crippen LogP contribution in [0.2, 0.25) is 0 Å². The second-order valence-electron chi connectivity index (χ2n) is 8.32. The van der Waals surface area contributed by atoms with Gasteiger partial charge in [-0.05, 0) is 63.3 Å². The predicted molar refractivity (Wildman–Crippen MR) is 105 cm³/mol. The number of hydrogen-bond acceptors (Lipinski definition) is 5. The Morgan fingerprint density at radius 2 is 1.68 bits per heavy atom. The molecule has 1 unspecified atom stereocenters. The van der Waals surface area contributed by atoms with Gasteiger partial charge in [0.1, 0.15) is 11.6 Å². The van der Waals surface area contributed by atoms with Crippen molar-refractivity contribution in [2.45, 2.75) is 58.2 Å². The molecule has 0 bridgehead atoms. The van der Waals surface area contributed by atoms with E-state index in [9.17, 15) is 9.59 Å². The number of carbonyl (C=O) groups excluding carboxylic acids is 2. The molecule has 2 heterocycles. The summed E-state index contributed by atoms with van der Waals surface area (Å²) in [5.41, 5.74) is 1.64. The number of fused-ring (bicyclic) bond motifs is 1. The highest BCUT2D eigenvalue weighted by molar-refractivity contribution is 5.86. The van der Waals surface area contributed by atoms with Crippen LogP contribution in [-0.2, 0) is 22.5 Å². The minimum atomic E-state index is -0.576. The lowest BCUT2D eigenvalue weighted by Crippen LogP contribution is -2.50. The molecule has 0 saturated carbocycles. The second kappa shape index (κ2) is 7.89. The first-order valence-corrected chi connectivity index (χ1v) is 9.75. The van der Waals surface area contributed by atoms with Crippen LogP contribution >= 0.6 is 0 Å². The standard InChI is InChI=1S/C21H30N2O5/c1-21(2,3)28-20(25)23-9-6-7-16(23)19(24)22-10-8-14-11-17(26-4)18(27-5)12-15(14)13-22/h11-12,16H,6-10,13H2,1-5H3. The number of carbonyl (C=O) groups is 2. The Hall–Kier alpha value is -2.44. The second-order valence-corrected chi connectivity index (χ2v) is 8.32. The summed E-state index contributed by atoms with van der Waals surface area (Å²) in [5.74, 6) is 1.35. The number of methoxy groups -OCH3 is 2. The number of nitrogens with zero attached hydrogens (tertiary/aromatic N) is 2. The number of hydrogen-bond donors (Lipinski definition) is 0. The first-order chi connectivity index (χ1) is 13.2. The highest BCUT2D eigenvalue weighted by Crippen LogP contribution is 2.34. The van der Waals surface area contributed by atoms with E-state index in [4.69, 9.17) is 14.2 Å². The molecule has 1 atom stereocenters. The summed E-state index contributed by atoms with van der Waals surface area (Å²) in [7, 11) is 3.22. The largest absolute Gasteiger partial charge is 0.493 e. The molecule has 28 heavy (non-hydrogen) atoms. The van der Waals surface area contributed by atoms with Crippen molar-refractivity contribution in [1.29, 1.82) is 0 Å². The van der Waals surface area contributed by atoms with Crippen LogP contribution in [-0.4, -0.2) is 60.8 Å². The van der Waals surface area contributed by atoms with Crippen molar-refractivity contribution < 1.29 is 23.8 Å². The van der Waals surface area contributed by atoms with Crippen LogP contribution in [0.4, 0.5) is 4.79 Å². The lowest BCUT2D eigenvalue weighted by Gasteiger charge is -2.34. The molecule has 0 aromatic heterocycles. The Morgan fingerprint density at radius 3 is 2.29 bits per heavy atom. The maximum atomic E-state index is 13.2. The van der Waals surface area contributed by atoms with E-state index >= 15 is 0 Å². The van der Waals surface area contributed by atoms with Crippen LogP contribution in [0.15, 0.2) is 12.1 Å². The molecule has 2 aliphatic heterocycles. The lowest BCUT2D eigenvalue weighted by atomic mass is 9.98. The van der Waals surface area contributed by atoms with Gasteiger partial charge in [0, 0.05) is 19.6 Å². The van der Waals surface area contributed by atoms with E-state index in [0.717, 1.165) is 24.0 Å². The summed E-state index contributed by atoms with van der Waals surface area (Å²) in [6.07, 6.45) is 1.83. The smallest absolute Gasteiger partial charge is 0.410 e. The van der Waals surface area contributed by atoms with Gasteiger partial charge in [0.15, 0.2) is 11.5 Å². The van der Waals surface area contributed by atoms with E-state index in [0.29, 0.717) is 37.6 Å². The van der Waals surface area contributed by atoms with E-state index in [1.54, 1.807) is 19.1 Å². The Balaban J connectivity index is 1.74. The molecule has 1 fully saturated rings. The van der Waals surface area contributed by atoms with Crippen molar-refractivity contribution in [1.82, 2.24) is 9.80 Å². The monoisotopic (exact) mass is 390 g/mol. The zero-order chi connectivity index (χ0) is 20.5. The SMILES string of the molecule is COc1cc2c(cc1OC)CN(C(=O)C1CCCN1C(=O)OC(C)(C)C)CC2. The summed E-state index contributed by atoms with van der Waals surface area (Å²) < 4.78 is 16.3. The molecular weight excluding hydrogens is 360 g/mol. The molecular formula is C21H30N2O5. The summed E-state index contributed by atoms with van der Waals surface area (Å²) in [6.45, 7) is 7.19. The Bertz CT molecular complexity index is 756.